The largest absolute Gasteiger partial charge is 0.380 e. The van der Waals surface area contributed by atoms with Gasteiger partial charge < -0.3 is 10.1 Å². The van der Waals surface area contributed by atoms with Crippen LogP contribution in [0.2, 0.25) is 0 Å². The topological polar surface area (TPSA) is 41.6 Å². The van der Waals surface area contributed by atoms with E-state index in [-0.39, 0.29) is 18.3 Å². The molecule has 3 aromatic rings. The van der Waals surface area contributed by atoms with Gasteiger partial charge in [0.15, 0.2) is 0 Å². The third kappa shape index (κ3) is 4.34. The van der Waals surface area contributed by atoms with Crippen LogP contribution in [-0.2, 0) is 24.4 Å². The molecule has 1 aliphatic rings. The highest BCUT2D eigenvalue weighted by atomic mass is 32.1. The smallest absolute Gasteiger partial charge is 0.262 e. The molecule has 6 heteroatoms. The molecule has 1 aromatic heterocycles. The molecule has 0 saturated carbocycles. The fourth-order valence-electron chi connectivity index (χ4n) is 3.95. The number of nitrogens with one attached hydrogen (secondary N) is 1. The van der Waals surface area contributed by atoms with E-state index in [1.54, 1.807) is 13.2 Å². The zero-order valence-corrected chi connectivity index (χ0v) is 17.4. The van der Waals surface area contributed by atoms with Crippen LogP contribution in [0.1, 0.15) is 39.2 Å². The summed E-state index contributed by atoms with van der Waals surface area (Å²) in [4.78, 5) is 15.9. The number of halogens is 1. The van der Waals surface area contributed by atoms with E-state index >= 15 is 0 Å². The predicted octanol–water partition coefficient (Wildman–Crippen LogP) is 4.71. The second-order valence-corrected chi connectivity index (χ2v) is 8.44. The van der Waals surface area contributed by atoms with E-state index in [4.69, 9.17) is 4.74 Å². The number of likely N-dealkylation sites (tertiary alicyclic amines) is 1. The molecule has 0 spiro atoms. The molecule has 1 aliphatic heterocycles. The number of fused-ring (bicyclic) bond motifs is 1. The summed E-state index contributed by atoms with van der Waals surface area (Å²) in [5.74, 6) is -0.505. The standard InChI is InChI=1S/C23H25FN2O2S/c1-28-15-18-21-19(24)9-6-10-20(21)29-22(18)23(27)25-13-16-7-2-3-8-17(16)14-26-11-4-5-12-26/h2-3,6-10H,4-5,11-15H2,1H3,(H,25,27). The van der Waals surface area contributed by atoms with E-state index < -0.39 is 0 Å². The summed E-state index contributed by atoms with van der Waals surface area (Å²) in [5, 5.41) is 3.52. The first-order valence-corrected chi connectivity index (χ1v) is 10.7. The Labute approximate surface area is 174 Å². The number of thiophene rings is 1. The highest BCUT2D eigenvalue weighted by Crippen LogP contribution is 2.33. The van der Waals surface area contributed by atoms with Crippen molar-refractivity contribution in [2.75, 3.05) is 20.2 Å². The predicted molar refractivity (Wildman–Crippen MR) is 115 cm³/mol. The molecular formula is C23H25FN2O2S. The average Bonchev–Trinajstić information content (AvgIpc) is 3.36. The van der Waals surface area contributed by atoms with E-state index in [1.807, 2.05) is 18.2 Å². The fraction of sp³-hybridized carbons (Fsp3) is 0.348. The van der Waals surface area contributed by atoms with E-state index in [2.05, 4.69) is 22.3 Å². The van der Waals surface area contributed by atoms with Crippen LogP contribution in [0, 0.1) is 5.82 Å². The number of carbonyl (C=O) groups is 1. The summed E-state index contributed by atoms with van der Waals surface area (Å²) in [6, 6.07) is 13.2. The average molecular weight is 413 g/mol. The van der Waals surface area contributed by atoms with Crippen molar-refractivity contribution < 1.29 is 13.9 Å². The molecule has 0 unspecified atom stereocenters. The second-order valence-electron chi connectivity index (χ2n) is 7.39. The summed E-state index contributed by atoms with van der Waals surface area (Å²) in [5.41, 5.74) is 2.98. The molecule has 1 amide bonds. The lowest BCUT2D eigenvalue weighted by Crippen LogP contribution is -2.25. The van der Waals surface area contributed by atoms with E-state index in [1.165, 1.54) is 35.8 Å². The van der Waals surface area contributed by atoms with Gasteiger partial charge in [0.1, 0.15) is 5.82 Å². The Morgan fingerprint density at radius 3 is 2.66 bits per heavy atom. The van der Waals surface area contributed by atoms with Gasteiger partial charge in [0, 0.05) is 35.8 Å². The van der Waals surface area contributed by atoms with Gasteiger partial charge in [-0.2, -0.15) is 0 Å². The molecule has 2 heterocycles. The number of carbonyl (C=O) groups excluding carboxylic acids is 1. The first-order chi connectivity index (χ1) is 14.2. The van der Waals surface area contributed by atoms with Gasteiger partial charge in [-0.15, -0.1) is 11.3 Å². The molecule has 4 rings (SSSR count). The summed E-state index contributed by atoms with van der Waals surface area (Å²) >= 11 is 1.31. The number of nitrogens with zero attached hydrogens (tertiary/aromatic N) is 1. The zero-order valence-electron chi connectivity index (χ0n) is 16.5. The molecule has 1 fully saturated rings. The Morgan fingerprint density at radius 2 is 1.90 bits per heavy atom. The Morgan fingerprint density at radius 1 is 1.14 bits per heavy atom. The molecule has 1 saturated heterocycles. The lowest BCUT2D eigenvalue weighted by atomic mass is 10.1. The van der Waals surface area contributed by atoms with Crippen LogP contribution in [-0.4, -0.2) is 31.0 Å². The molecule has 152 valence electrons. The van der Waals surface area contributed by atoms with E-state index in [9.17, 15) is 9.18 Å². The first-order valence-electron chi connectivity index (χ1n) is 9.93. The lowest BCUT2D eigenvalue weighted by Gasteiger charge is -2.17. The maximum absolute atomic E-state index is 14.4. The van der Waals surface area contributed by atoms with Crippen molar-refractivity contribution in [1.82, 2.24) is 10.2 Å². The summed E-state index contributed by atoms with van der Waals surface area (Å²) < 4.78 is 20.4. The van der Waals surface area contributed by atoms with Crippen LogP contribution < -0.4 is 5.32 Å². The highest BCUT2D eigenvalue weighted by molar-refractivity contribution is 7.21. The minimum atomic E-state index is -0.319. The lowest BCUT2D eigenvalue weighted by molar-refractivity contribution is 0.0950. The number of hydrogen-bond donors (Lipinski definition) is 1. The van der Waals surface area contributed by atoms with Crippen LogP contribution >= 0.6 is 11.3 Å². The van der Waals surface area contributed by atoms with Gasteiger partial charge in [-0.1, -0.05) is 30.3 Å². The SMILES string of the molecule is COCc1c(C(=O)NCc2ccccc2CN2CCCC2)sc2cccc(F)c12. The monoisotopic (exact) mass is 412 g/mol. The van der Waals surface area contributed by atoms with Crippen LogP contribution in [0.3, 0.4) is 0 Å². The Balaban J connectivity index is 1.53. The van der Waals surface area contributed by atoms with Crippen molar-refractivity contribution >= 4 is 27.3 Å². The molecule has 29 heavy (non-hydrogen) atoms. The minimum absolute atomic E-state index is 0.186. The number of rotatable bonds is 7. The van der Waals surface area contributed by atoms with Crippen LogP contribution in [0.15, 0.2) is 42.5 Å². The number of benzene rings is 2. The third-order valence-electron chi connectivity index (χ3n) is 5.41. The normalized spacial score (nSPS) is 14.6. The van der Waals surface area contributed by atoms with Crippen molar-refractivity contribution in [3.8, 4) is 0 Å². The van der Waals surface area contributed by atoms with Crippen LogP contribution in [0.4, 0.5) is 4.39 Å². The maximum Gasteiger partial charge on any atom is 0.262 e. The Bertz CT molecular complexity index is 1010. The molecule has 0 bridgehead atoms. The van der Waals surface area contributed by atoms with E-state index in [0.717, 1.165) is 29.9 Å². The molecule has 4 nitrogen and oxygen atoms in total. The fourth-order valence-corrected chi connectivity index (χ4v) is 5.09. The second kappa shape index (κ2) is 9.03. The summed E-state index contributed by atoms with van der Waals surface area (Å²) in [6.07, 6.45) is 2.51. The first kappa shape index (κ1) is 20.0. The van der Waals surface area contributed by atoms with E-state index in [0.29, 0.717) is 22.4 Å². The van der Waals surface area contributed by atoms with Gasteiger partial charge in [-0.05, 0) is 49.2 Å². The van der Waals surface area contributed by atoms with Gasteiger partial charge in [0.2, 0.25) is 0 Å². The van der Waals surface area contributed by atoms with Gasteiger partial charge in [-0.3, -0.25) is 9.69 Å². The van der Waals surface area contributed by atoms with Crippen LogP contribution in [0.5, 0.6) is 0 Å². The maximum atomic E-state index is 14.4. The summed E-state index contributed by atoms with van der Waals surface area (Å²) in [6.45, 7) is 3.83. The van der Waals surface area contributed by atoms with Crippen molar-refractivity contribution in [3.63, 3.8) is 0 Å². The van der Waals surface area contributed by atoms with Crippen LogP contribution in [0.25, 0.3) is 10.1 Å². The van der Waals surface area contributed by atoms with Gasteiger partial charge in [0.25, 0.3) is 5.91 Å². The van der Waals surface area contributed by atoms with Crippen molar-refractivity contribution in [1.29, 1.82) is 0 Å². The number of ether oxygens (including phenoxy) is 1. The van der Waals surface area contributed by atoms with Gasteiger partial charge >= 0.3 is 0 Å². The molecule has 0 atom stereocenters. The zero-order chi connectivity index (χ0) is 20.2. The van der Waals surface area contributed by atoms with Gasteiger partial charge in [0.05, 0.1) is 11.5 Å². The van der Waals surface area contributed by atoms with Crippen molar-refractivity contribution in [3.05, 3.63) is 69.8 Å². The van der Waals surface area contributed by atoms with Crippen molar-refractivity contribution in [2.24, 2.45) is 0 Å². The van der Waals surface area contributed by atoms with Gasteiger partial charge in [-0.25, -0.2) is 4.39 Å². The molecular weight excluding hydrogens is 387 g/mol. The number of hydrogen-bond acceptors (Lipinski definition) is 4. The Hall–Kier alpha value is -2.28. The third-order valence-corrected chi connectivity index (χ3v) is 6.60. The summed E-state index contributed by atoms with van der Waals surface area (Å²) in [7, 11) is 1.56. The highest BCUT2D eigenvalue weighted by Gasteiger charge is 2.21. The minimum Gasteiger partial charge on any atom is -0.380 e. The molecule has 2 aromatic carbocycles. The number of amides is 1. The molecule has 0 radical (unpaired) electrons. The quantitative estimate of drug-likeness (QED) is 0.611. The Kier molecular flexibility index (Phi) is 6.23. The molecule has 1 N–H and O–H groups in total. The molecule has 0 aliphatic carbocycles. The number of methoxy groups -OCH3 is 1. The van der Waals surface area contributed by atoms with Crippen molar-refractivity contribution in [2.45, 2.75) is 32.5 Å².